The molecular formula is C19H15F3N4O2. The SMILES string of the molecule is CCC#CCOc1ccc2[nH]nc(NC(=O)Nc3ccc(F)c(F)c3F)c2c1. The van der Waals surface area contributed by atoms with Gasteiger partial charge in [0.1, 0.15) is 12.4 Å². The van der Waals surface area contributed by atoms with Gasteiger partial charge in [0.05, 0.1) is 11.2 Å². The molecule has 2 amide bonds. The van der Waals surface area contributed by atoms with Crippen LogP contribution in [0.3, 0.4) is 0 Å². The number of benzene rings is 2. The van der Waals surface area contributed by atoms with Crippen molar-refractivity contribution in [2.45, 2.75) is 13.3 Å². The van der Waals surface area contributed by atoms with E-state index in [1.165, 1.54) is 0 Å². The minimum Gasteiger partial charge on any atom is -0.481 e. The number of halogens is 3. The number of urea groups is 1. The summed E-state index contributed by atoms with van der Waals surface area (Å²) in [6, 6.07) is 5.83. The molecule has 6 nitrogen and oxygen atoms in total. The summed E-state index contributed by atoms with van der Waals surface area (Å²) in [7, 11) is 0. The summed E-state index contributed by atoms with van der Waals surface area (Å²) in [4.78, 5) is 12.1. The molecule has 0 aliphatic rings. The van der Waals surface area contributed by atoms with Gasteiger partial charge in [0.2, 0.25) is 0 Å². The Kier molecular flexibility index (Phi) is 5.69. The van der Waals surface area contributed by atoms with E-state index < -0.39 is 29.2 Å². The highest BCUT2D eigenvalue weighted by Crippen LogP contribution is 2.26. The van der Waals surface area contributed by atoms with Crippen molar-refractivity contribution in [1.29, 1.82) is 0 Å². The molecular weight excluding hydrogens is 373 g/mol. The molecule has 0 radical (unpaired) electrons. The van der Waals surface area contributed by atoms with Crippen LogP contribution >= 0.6 is 0 Å². The van der Waals surface area contributed by atoms with Gasteiger partial charge in [-0.3, -0.25) is 10.4 Å². The molecule has 144 valence electrons. The third-order valence-corrected chi connectivity index (χ3v) is 3.66. The van der Waals surface area contributed by atoms with Crippen molar-refractivity contribution in [3.63, 3.8) is 0 Å². The number of amides is 2. The van der Waals surface area contributed by atoms with Crippen LogP contribution in [0.2, 0.25) is 0 Å². The van der Waals surface area contributed by atoms with Crippen LogP contribution in [0.1, 0.15) is 13.3 Å². The highest BCUT2D eigenvalue weighted by atomic mass is 19.2. The highest BCUT2D eigenvalue weighted by molar-refractivity contribution is 6.04. The predicted octanol–water partition coefficient (Wildman–Crippen LogP) is 4.42. The van der Waals surface area contributed by atoms with E-state index in [9.17, 15) is 18.0 Å². The first-order valence-electron chi connectivity index (χ1n) is 8.27. The van der Waals surface area contributed by atoms with Crippen molar-refractivity contribution in [3.05, 3.63) is 47.8 Å². The van der Waals surface area contributed by atoms with Gasteiger partial charge in [-0.05, 0) is 30.3 Å². The average molecular weight is 388 g/mol. The van der Waals surface area contributed by atoms with Gasteiger partial charge < -0.3 is 10.1 Å². The van der Waals surface area contributed by atoms with Crippen LogP contribution in [0.5, 0.6) is 5.75 Å². The zero-order valence-electron chi connectivity index (χ0n) is 14.7. The van der Waals surface area contributed by atoms with E-state index in [0.717, 1.165) is 12.5 Å². The Bertz CT molecular complexity index is 1090. The van der Waals surface area contributed by atoms with Gasteiger partial charge in [-0.15, -0.1) is 5.92 Å². The third kappa shape index (κ3) is 4.17. The Morgan fingerprint density at radius 2 is 1.96 bits per heavy atom. The van der Waals surface area contributed by atoms with Gasteiger partial charge in [0.15, 0.2) is 23.3 Å². The number of anilines is 2. The second-order valence-corrected chi connectivity index (χ2v) is 5.58. The Hall–Kier alpha value is -3.67. The Morgan fingerprint density at radius 3 is 2.75 bits per heavy atom. The van der Waals surface area contributed by atoms with Gasteiger partial charge >= 0.3 is 6.03 Å². The van der Waals surface area contributed by atoms with E-state index in [2.05, 4.69) is 32.7 Å². The number of hydrogen-bond donors (Lipinski definition) is 3. The number of ether oxygens (including phenoxy) is 1. The molecule has 0 bridgehead atoms. The van der Waals surface area contributed by atoms with Crippen LogP contribution < -0.4 is 15.4 Å². The minimum atomic E-state index is -1.67. The van der Waals surface area contributed by atoms with Crippen molar-refractivity contribution >= 4 is 28.4 Å². The number of rotatable bonds is 4. The molecule has 9 heteroatoms. The van der Waals surface area contributed by atoms with Gasteiger partial charge in [0.25, 0.3) is 0 Å². The van der Waals surface area contributed by atoms with Crippen molar-refractivity contribution in [3.8, 4) is 17.6 Å². The Morgan fingerprint density at radius 1 is 1.14 bits per heavy atom. The maximum absolute atomic E-state index is 13.7. The van der Waals surface area contributed by atoms with Crippen LogP contribution in [0.25, 0.3) is 10.9 Å². The van der Waals surface area contributed by atoms with E-state index in [0.29, 0.717) is 22.7 Å². The molecule has 3 rings (SSSR count). The third-order valence-electron chi connectivity index (χ3n) is 3.66. The van der Waals surface area contributed by atoms with E-state index >= 15 is 0 Å². The van der Waals surface area contributed by atoms with Gasteiger partial charge in [-0.2, -0.15) is 5.10 Å². The molecule has 0 saturated carbocycles. The summed E-state index contributed by atoms with van der Waals surface area (Å²) in [5.74, 6) is 1.89. The first kappa shape index (κ1) is 19.1. The predicted molar refractivity (Wildman–Crippen MR) is 98.6 cm³/mol. The summed E-state index contributed by atoms with van der Waals surface area (Å²) in [5, 5.41) is 11.8. The number of carbonyl (C=O) groups excluding carboxylic acids is 1. The van der Waals surface area contributed by atoms with Crippen molar-refractivity contribution in [2.75, 3.05) is 17.2 Å². The number of nitrogens with zero attached hydrogens (tertiary/aromatic N) is 1. The molecule has 0 unspecified atom stereocenters. The second kappa shape index (κ2) is 8.35. The fraction of sp³-hybridized carbons (Fsp3) is 0.158. The molecule has 0 spiro atoms. The van der Waals surface area contributed by atoms with E-state index in [1.807, 2.05) is 6.92 Å². The smallest absolute Gasteiger partial charge is 0.324 e. The molecule has 0 fully saturated rings. The molecule has 3 N–H and O–H groups in total. The zero-order valence-corrected chi connectivity index (χ0v) is 14.7. The van der Waals surface area contributed by atoms with Crippen molar-refractivity contribution in [1.82, 2.24) is 10.2 Å². The van der Waals surface area contributed by atoms with Crippen LogP contribution in [-0.2, 0) is 0 Å². The zero-order chi connectivity index (χ0) is 20.1. The summed E-state index contributed by atoms with van der Waals surface area (Å²) in [6.07, 6.45) is 0.728. The Labute approximate surface area is 158 Å². The topological polar surface area (TPSA) is 79.0 Å². The molecule has 0 aliphatic carbocycles. The standard InChI is InChI=1S/C19H15F3N4O2/c1-2-3-4-9-28-11-5-7-14-12(10-11)18(26-25-14)24-19(27)23-15-8-6-13(20)16(21)17(15)22/h5-8,10H,2,9H2,1H3,(H3,23,24,25,26,27). The molecule has 0 saturated heterocycles. The summed E-state index contributed by atoms with van der Waals surface area (Å²) in [5.41, 5.74) is 0.121. The fourth-order valence-electron chi connectivity index (χ4n) is 2.36. The monoisotopic (exact) mass is 388 g/mol. The normalized spacial score (nSPS) is 10.3. The molecule has 0 aliphatic heterocycles. The molecule has 0 atom stereocenters. The molecule has 28 heavy (non-hydrogen) atoms. The lowest BCUT2D eigenvalue weighted by Crippen LogP contribution is -2.21. The highest BCUT2D eigenvalue weighted by Gasteiger charge is 2.16. The summed E-state index contributed by atoms with van der Waals surface area (Å²) < 4.78 is 45.4. The lowest BCUT2D eigenvalue weighted by atomic mass is 10.2. The maximum atomic E-state index is 13.7. The van der Waals surface area contributed by atoms with Crippen LogP contribution in [-0.4, -0.2) is 22.8 Å². The number of H-pyrrole nitrogens is 1. The van der Waals surface area contributed by atoms with Crippen molar-refractivity contribution < 1.29 is 22.7 Å². The number of hydrogen-bond acceptors (Lipinski definition) is 3. The molecule has 2 aromatic carbocycles. The maximum Gasteiger partial charge on any atom is 0.324 e. The average Bonchev–Trinajstić information content (AvgIpc) is 3.08. The molecule has 1 aromatic heterocycles. The fourth-order valence-corrected chi connectivity index (χ4v) is 2.36. The second-order valence-electron chi connectivity index (χ2n) is 5.58. The molecule has 3 aromatic rings. The summed E-state index contributed by atoms with van der Waals surface area (Å²) >= 11 is 0. The van der Waals surface area contributed by atoms with Gasteiger partial charge in [0, 0.05) is 11.8 Å². The van der Waals surface area contributed by atoms with E-state index in [4.69, 9.17) is 4.74 Å². The van der Waals surface area contributed by atoms with Crippen LogP contribution in [0.15, 0.2) is 30.3 Å². The van der Waals surface area contributed by atoms with E-state index in [1.54, 1.807) is 18.2 Å². The van der Waals surface area contributed by atoms with Crippen LogP contribution in [0, 0.1) is 29.3 Å². The first-order chi connectivity index (χ1) is 13.5. The Balaban J connectivity index is 1.74. The van der Waals surface area contributed by atoms with Crippen molar-refractivity contribution in [2.24, 2.45) is 0 Å². The van der Waals surface area contributed by atoms with Gasteiger partial charge in [-0.1, -0.05) is 12.8 Å². The quantitative estimate of drug-likeness (QED) is 0.457. The minimum absolute atomic E-state index is 0.153. The van der Waals surface area contributed by atoms with Gasteiger partial charge in [-0.25, -0.2) is 18.0 Å². The number of aromatic amines is 1. The number of fused-ring (bicyclic) bond motifs is 1. The first-order valence-corrected chi connectivity index (χ1v) is 8.27. The number of nitrogens with one attached hydrogen (secondary N) is 3. The lowest BCUT2D eigenvalue weighted by Gasteiger charge is -2.08. The number of carbonyl (C=O) groups is 1. The summed E-state index contributed by atoms with van der Waals surface area (Å²) in [6.45, 7) is 2.15. The van der Waals surface area contributed by atoms with Crippen LogP contribution in [0.4, 0.5) is 29.5 Å². The lowest BCUT2D eigenvalue weighted by molar-refractivity contribution is 0.262. The molecule has 1 heterocycles. The number of aromatic nitrogens is 2. The largest absolute Gasteiger partial charge is 0.481 e. The van der Waals surface area contributed by atoms with E-state index in [-0.39, 0.29) is 12.4 Å².